The summed E-state index contributed by atoms with van der Waals surface area (Å²) in [6, 6.07) is 1.09. The average molecular weight is 310 g/mol. The zero-order valence-corrected chi connectivity index (χ0v) is 10.5. The van der Waals surface area contributed by atoms with Crippen molar-refractivity contribution in [2.24, 2.45) is 0 Å². The van der Waals surface area contributed by atoms with Gasteiger partial charge in [0.25, 0.3) is 6.43 Å². The predicted octanol–water partition coefficient (Wildman–Crippen LogP) is 2.59. The van der Waals surface area contributed by atoms with Gasteiger partial charge in [0.1, 0.15) is 11.4 Å². The van der Waals surface area contributed by atoms with Crippen LogP contribution in [0.1, 0.15) is 24.7 Å². The van der Waals surface area contributed by atoms with Gasteiger partial charge < -0.3 is 9.84 Å². The number of hydrogen-bond acceptors (Lipinski definition) is 4. The largest absolute Gasteiger partial charge is 0.506 e. The highest BCUT2D eigenvalue weighted by atomic mass is 79.9. The van der Waals surface area contributed by atoms with E-state index >= 15 is 0 Å². The molecule has 0 aliphatic heterocycles. The summed E-state index contributed by atoms with van der Waals surface area (Å²) >= 11 is 2.86. The molecular weight excluding hydrogens is 300 g/mol. The second kappa shape index (κ2) is 5.90. The van der Waals surface area contributed by atoms with Crippen LogP contribution in [0.15, 0.2) is 10.5 Å². The van der Waals surface area contributed by atoms with E-state index in [-0.39, 0.29) is 28.9 Å². The Morgan fingerprint density at radius 1 is 1.65 bits per heavy atom. The number of hydrogen-bond donors (Lipinski definition) is 1. The summed E-state index contributed by atoms with van der Waals surface area (Å²) in [5, 5.41) is 9.47. The van der Waals surface area contributed by atoms with E-state index in [0.29, 0.717) is 0 Å². The molecule has 0 radical (unpaired) electrons. The zero-order valence-electron chi connectivity index (χ0n) is 8.91. The monoisotopic (exact) mass is 309 g/mol. The third kappa shape index (κ3) is 3.62. The topological polar surface area (TPSA) is 59.4 Å². The minimum Gasteiger partial charge on any atom is -0.506 e. The third-order valence-corrected chi connectivity index (χ3v) is 2.52. The number of ether oxygens (including phenoxy) is 1. The number of aromatic hydroxyl groups is 1. The number of rotatable bonds is 4. The van der Waals surface area contributed by atoms with E-state index in [9.17, 15) is 18.7 Å². The molecule has 1 aromatic rings. The van der Waals surface area contributed by atoms with Gasteiger partial charge in [0.15, 0.2) is 0 Å². The molecule has 7 heteroatoms. The second-order valence-corrected chi connectivity index (χ2v) is 3.96. The molecular formula is C10H10BrF2NO3. The van der Waals surface area contributed by atoms with Gasteiger partial charge in [0, 0.05) is 4.47 Å². The molecule has 17 heavy (non-hydrogen) atoms. The van der Waals surface area contributed by atoms with E-state index < -0.39 is 18.1 Å². The Bertz CT molecular complexity index is 426. The number of alkyl halides is 2. The first-order valence-electron chi connectivity index (χ1n) is 4.77. The van der Waals surface area contributed by atoms with Crippen LogP contribution in [0.25, 0.3) is 0 Å². The molecule has 0 amide bonds. The molecule has 0 aliphatic carbocycles. The van der Waals surface area contributed by atoms with Crippen LogP contribution in [0.2, 0.25) is 0 Å². The highest BCUT2D eigenvalue weighted by Crippen LogP contribution is 2.30. The van der Waals surface area contributed by atoms with Crippen molar-refractivity contribution < 1.29 is 23.4 Å². The number of nitrogens with zero attached hydrogens (tertiary/aromatic N) is 1. The van der Waals surface area contributed by atoms with Crippen molar-refractivity contribution in [1.82, 2.24) is 4.98 Å². The molecule has 1 aromatic heterocycles. The first-order valence-corrected chi connectivity index (χ1v) is 5.57. The van der Waals surface area contributed by atoms with Gasteiger partial charge in [-0.15, -0.1) is 0 Å². The van der Waals surface area contributed by atoms with Gasteiger partial charge in [-0.2, -0.15) is 0 Å². The molecule has 0 bridgehead atoms. The standard InChI is InChI=1S/C10H10BrF2NO3/c1-2-17-8(16)4-6-7(15)3-5(11)9(14-6)10(12)13/h3,10,15H,2,4H2,1H3. The molecule has 4 nitrogen and oxygen atoms in total. The fourth-order valence-electron chi connectivity index (χ4n) is 1.17. The van der Waals surface area contributed by atoms with E-state index in [2.05, 4.69) is 25.7 Å². The number of pyridine rings is 1. The lowest BCUT2D eigenvalue weighted by molar-refractivity contribution is -0.142. The van der Waals surface area contributed by atoms with Crippen molar-refractivity contribution in [1.29, 1.82) is 0 Å². The number of carbonyl (C=O) groups excluding carboxylic acids is 1. The first-order chi connectivity index (χ1) is 7.95. The molecule has 0 atom stereocenters. The molecule has 1 N–H and O–H groups in total. The normalized spacial score (nSPS) is 10.6. The van der Waals surface area contributed by atoms with Crippen molar-refractivity contribution in [2.45, 2.75) is 19.8 Å². The Kier molecular flexibility index (Phi) is 4.80. The molecule has 0 aromatic carbocycles. The molecule has 0 spiro atoms. The lowest BCUT2D eigenvalue weighted by Gasteiger charge is -2.08. The molecule has 0 aliphatic rings. The van der Waals surface area contributed by atoms with Crippen molar-refractivity contribution in [3.63, 3.8) is 0 Å². The lowest BCUT2D eigenvalue weighted by Crippen LogP contribution is -2.10. The summed E-state index contributed by atoms with van der Waals surface area (Å²) in [7, 11) is 0. The summed E-state index contributed by atoms with van der Waals surface area (Å²) in [6.45, 7) is 1.80. The molecule has 0 saturated heterocycles. The number of aromatic nitrogens is 1. The molecule has 94 valence electrons. The van der Waals surface area contributed by atoms with Gasteiger partial charge >= 0.3 is 5.97 Å². The van der Waals surface area contributed by atoms with E-state index in [1.54, 1.807) is 6.92 Å². The van der Waals surface area contributed by atoms with Gasteiger partial charge in [0.05, 0.1) is 18.7 Å². The van der Waals surface area contributed by atoms with Crippen LogP contribution in [0.5, 0.6) is 5.75 Å². The second-order valence-electron chi connectivity index (χ2n) is 3.10. The van der Waals surface area contributed by atoms with Gasteiger partial charge in [-0.3, -0.25) is 4.79 Å². The number of esters is 1. The number of halogens is 3. The van der Waals surface area contributed by atoms with E-state index in [1.165, 1.54) is 0 Å². The van der Waals surface area contributed by atoms with Crippen LogP contribution in [-0.2, 0) is 16.0 Å². The maximum atomic E-state index is 12.5. The quantitative estimate of drug-likeness (QED) is 0.869. The van der Waals surface area contributed by atoms with Crippen molar-refractivity contribution in [3.8, 4) is 5.75 Å². The third-order valence-electron chi connectivity index (χ3n) is 1.88. The Morgan fingerprint density at radius 2 is 2.29 bits per heavy atom. The Morgan fingerprint density at radius 3 is 2.82 bits per heavy atom. The highest BCUT2D eigenvalue weighted by Gasteiger charge is 2.19. The van der Waals surface area contributed by atoms with Crippen molar-refractivity contribution in [2.75, 3.05) is 6.61 Å². The van der Waals surface area contributed by atoms with Crippen LogP contribution < -0.4 is 0 Å². The van der Waals surface area contributed by atoms with Gasteiger partial charge in [0.2, 0.25) is 0 Å². The smallest absolute Gasteiger partial charge is 0.312 e. The maximum absolute atomic E-state index is 12.5. The summed E-state index contributed by atoms with van der Waals surface area (Å²) in [5.41, 5.74) is -0.635. The van der Waals surface area contributed by atoms with Crippen molar-refractivity contribution >= 4 is 21.9 Å². The Labute approximate surface area is 105 Å². The van der Waals surface area contributed by atoms with Crippen LogP contribution >= 0.6 is 15.9 Å². The Balaban J connectivity index is 2.99. The minimum atomic E-state index is -2.79. The predicted molar refractivity (Wildman–Crippen MR) is 58.9 cm³/mol. The maximum Gasteiger partial charge on any atom is 0.312 e. The number of carbonyl (C=O) groups is 1. The van der Waals surface area contributed by atoms with Gasteiger partial charge in [-0.05, 0) is 28.9 Å². The van der Waals surface area contributed by atoms with Crippen LogP contribution in [0.4, 0.5) is 8.78 Å². The minimum absolute atomic E-state index is 0.00221. The van der Waals surface area contributed by atoms with E-state index in [1.807, 2.05) is 0 Å². The molecule has 0 saturated carbocycles. The molecule has 1 heterocycles. The Hall–Kier alpha value is -1.24. The van der Waals surface area contributed by atoms with Crippen LogP contribution in [0.3, 0.4) is 0 Å². The fraction of sp³-hybridized carbons (Fsp3) is 0.400. The van der Waals surface area contributed by atoms with Gasteiger partial charge in [-0.1, -0.05) is 0 Å². The highest BCUT2D eigenvalue weighted by molar-refractivity contribution is 9.10. The zero-order chi connectivity index (χ0) is 13.0. The first kappa shape index (κ1) is 13.8. The van der Waals surface area contributed by atoms with E-state index in [4.69, 9.17) is 0 Å². The molecule has 0 fully saturated rings. The fourth-order valence-corrected chi connectivity index (χ4v) is 1.64. The van der Waals surface area contributed by atoms with Crippen molar-refractivity contribution in [3.05, 3.63) is 21.9 Å². The SMILES string of the molecule is CCOC(=O)Cc1nc(C(F)F)c(Br)cc1O. The summed E-state index contributed by atoms with van der Waals surface area (Å²) in [6.07, 6.45) is -3.13. The summed E-state index contributed by atoms with van der Waals surface area (Å²) < 4.78 is 29.7. The van der Waals surface area contributed by atoms with Crippen LogP contribution in [0, 0.1) is 0 Å². The summed E-state index contributed by atoms with van der Waals surface area (Å²) in [4.78, 5) is 14.7. The van der Waals surface area contributed by atoms with Gasteiger partial charge in [-0.25, -0.2) is 13.8 Å². The summed E-state index contributed by atoms with van der Waals surface area (Å²) in [5.74, 6) is -0.952. The molecule has 0 unspecified atom stereocenters. The lowest BCUT2D eigenvalue weighted by atomic mass is 10.2. The average Bonchev–Trinajstić information content (AvgIpc) is 2.21. The van der Waals surface area contributed by atoms with Crippen LogP contribution in [-0.4, -0.2) is 22.7 Å². The molecule has 1 rings (SSSR count). The van der Waals surface area contributed by atoms with E-state index in [0.717, 1.165) is 6.07 Å².